The van der Waals surface area contributed by atoms with Crippen molar-refractivity contribution in [1.82, 2.24) is 5.32 Å². The average Bonchev–Trinajstić information content (AvgIpc) is 3.20. The lowest BCUT2D eigenvalue weighted by molar-refractivity contribution is -0.159. The molecule has 3 rings (SSSR count). The molecule has 0 aromatic carbocycles. The predicted molar refractivity (Wildman–Crippen MR) is 103 cm³/mol. The second-order valence-electron chi connectivity index (χ2n) is 8.76. The van der Waals surface area contributed by atoms with Crippen molar-refractivity contribution in [3.63, 3.8) is 0 Å². The number of carbonyl (C=O) groups is 1. The Kier molecular flexibility index (Phi) is 6.61. The maximum atomic E-state index is 12.9. The molecule has 1 N–H and O–H groups in total. The fourth-order valence-electron chi connectivity index (χ4n) is 4.72. The van der Waals surface area contributed by atoms with Gasteiger partial charge in [-0.25, -0.2) is 0 Å². The maximum absolute atomic E-state index is 12.9. The first kappa shape index (κ1) is 21.2. The van der Waals surface area contributed by atoms with Gasteiger partial charge < -0.3 is 24.3 Å². The molecule has 7 atom stereocenters. The molecule has 1 amide bonds. The highest BCUT2D eigenvalue weighted by Gasteiger charge is 2.64. The summed E-state index contributed by atoms with van der Waals surface area (Å²) in [5, 5.41) is 2.94. The van der Waals surface area contributed by atoms with E-state index in [4.69, 9.17) is 34.6 Å². The SMILES string of the molecule is [B]C1O[C@]2(C(=O)NCCO[C@@H]3C[C@H]([B])OC3CC(C)C)COC1C2C(C)C. The van der Waals surface area contributed by atoms with Gasteiger partial charge in [0.05, 0.1) is 31.5 Å². The van der Waals surface area contributed by atoms with Crippen LogP contribution in [0.3, 0.4) is 0 Å². The molecule has 148 valence electrons. The van der Waals surface area contributed by atoms with Crippen molar-refractivity contribution >= 4 is 21.6 Å². The summed E-state index contributed by atoms with van der Waals surface area (Å²) in [6.45, 7) is 9.49. The van der Waals surface area contributed by atoms with E-state index in [2.05, 4.69) is 33.0 Å². The Morgan fingerprint density at radius 3 is 2.67 bits per heavy atom. The lowest BCUT2D eigenvalue weighted by atomic mass is 9.77. The van der Waals surface area contributed by atoms with Gasteiger partial charge in [0.15, 0.2) is 5.60 Å². The third-order valence-corrected chi connectivity index (χ3v) is 5.81. The Balaban J connectivity index is 1.48. The van der Waals surface area contributed by atoms with Crippen LogP contribution in [-0.4, -0.2) is 77.3 Å². The molecule has 0 aliphatic carbocycles. The van der Waals surface area contributed by atoms with Gasteiger partial charge in [0.1, 0.15) is 15.7 Å². The quantitative estimate of drug-likeness (QED) is 0.501. The molecule has 2 bridgehead atoms. The van der Waals surface area contributed by atoms with Gasteiger partial charge in [0.2, 0.25) is 0 Å². The van der Waals surface area contributed by atoms with Gasteiger partial charge in [-0.2, -0.15) is 0 Å². The summed E-state index contributed by atoms with van der Waals surface area (Å²) in [6, 6.07) is -0.831. The molecular weight excluding hydrogens is 344 g/mol. The first-order chi connectivity index (χ1) is 12.7. The Morgan fingerprint density at radius 2 is 2.04 bits per heavy atom. The van der Waals surface area contributed by atoms with Crippen molar-refractivity contribution in [2.45, 2.75) is 76.5 Å². The normalized spacial score (nSPS) is 41.0. The largest absolute Gasteiger partial charge is 0.382 e. The molecule has 3 aliphatic heterocycles. The Bertz CT molecular complexity index is 534. The molecule has 6 nitrogen and oxygen atoms in total. The molecule has 0 aromatic heterocycles. The zero-order chi connectivity index (χ0) is 19.8. The van der Waals surface area contributed by atoms with E-state index in [0.29, 0.717) is 25.5 Å². The van der Waals surface area contributed by atoms with E-state index in [1.807, 2.05) is 0 Å². The summed E-state index contributed by atoms with van der Waals surface area (Å²) < 4.78 is 23.3. The number of ether oxygens (including phenoxy) is 4. The Hall–Kier alpha value is -0.560. The number of hydrogen-bond donors (Lipinski definition) is 1. The molecule has 27 heavy (non-hydrogen) atoms. The standard InChI is InChI=1S/C19H31B2NO5/c1-10(2)7-13-12(8-14(20)26-13)24-6-5-22-18(23)19-9-25-16(17(21)27-19)15(19)11(3)4/h10-17H,5-9H2,1-4H3,(H,22,23)/t12-,13?,14-,15?,16?,17?,19-/m1/s1. The molecule has 4 unspecified atom stereocenters. The molecule has 3 aliphatic rings. The van der Waals surface area contributed by atoms with Crippen molar-refractivity contribution in [2.24, 2.45) is 17.8 Å². The number of rotatable bonds is 8. The molecule has 8 heteroatoms. The molecule has 0 spiro atoms. The van der Waals surface area contributed by atoms with E-state index in [1.54, 1.807) is 0 Å². The maximum Gasteiger partial charge on any atom is 0.255 e. The number of fused-ring (bicyclic) bond motifs is 2. The van der Waals surface area contributed by atoms with Crippen LogP contribution < -0.4 is 5.32 Å². The predicted octanol–water partition coefficient (Wildman–Crippen LogP) is 0.752. The van der Waals surface area contributed by atoms with Gasteiger partial charge in [-0.05, 0) is 24.7 Å². The van der Waals surface area contributed by atoms with Gasteiger partial charge in [0, 0.05) is 24.5 Å². The molecule has 3 fully saturated rings. The van der Waals surface area contributed by atoms with E-state index in [-0.39, 0.29) is 48.7 Å². The van der Waals surface area contributed by atoms with E-state index in [9.17, 15) is 4.79 Å². The smallest absolute Gasteiger partial charge is 0.255 e. The van der Waals surface area contributed by atoms with Gasteiger partial charge >= 0.3 is 0 Å². The number of hydrogen-bond acceptors (Lipinski definition) is 5. The fourth-order valence-corrected chi connectivity index (χ4v) is 4.72. The summed E-state index contributed by atoms with van der Waals surface area (Å²) in [7, 11) is 11.9. The summed E-state index contributed by atoms with van der Waals surface area (Å²) in [5.74, 6) is 0.544. The van der Waals surface area contributed by atoms with Crippen LogP contribution in [0.5, 0.6) is 0 Å². The third kappa shape index (κ3) is 4.24. The first-order valence-electron chi connectivity index (χ1n) is 10.1. The number of amides is 1. The van der Waals surface area contributed by atoms with Crippen LogP contribution in [0.2, 0.25) is 0 Å². The molecule has 4 radical (unpaired) electrons. The topological polar surface area (TPSA) is 66.0 Å². The van der Waals surface area contributed by atoms with Crippen LogP contribution in [0, 0.1) is 17.8 Å². The summed E-state index contributed by atoms with van der Waals surface area (Å²) >= 11 is 0. The highest BCUT2D eigenvalue weighted by molar-refractivity contribution is 6.12. The van der Waals surface area contributed by atoms with Crippen LogP contribution >= 0.6 is 0 Å². The van der Waals surface area contributed by atoms with Crippen LogP contribution in [0.15, 0.2) is 0 Å². The zero-order valence-corrected chi connectivity index (χ0v) is 16.9. The van der Waals surface area contributed by atoms with Crippen LogP contribution in [0.1, 0.15) is 40.5 Å². The second kappa shape index (κ2) is 8.44. The Labute approximate surface area is 165 Å². The lowest BCUT2D eigenvalue weighted by Crippen LogP contribution is -2.54. The van der Waals surface area contributed by atoms with Crippen molar-refractivity contribution in [3.8, 4) is 0 Å². The van der Waals surface area contributed by atoms with Crippen molar-refractivity contribution in [2.75, 3.05) is 19.8 Å². The highest BCUT2D eigenvalue weighted by Crippen LogP contribution is 2.47. The molecule has 3 heterocycles. The lowest BCUT2D eigenvalue weighted by Gasteiger charge is -2.31. The van der Waals surface area contributed by atoms with E-state index >= 15 is 0 Å². The number of nitrogens with one attached hydrogen (secondary N) is 1. The Morgan fingerprint density at radius 1 is 1.30 bits per heavy atom. The van der Waals surface area contributed by atoms with Crippen molar-refractivity contribution < 1.29 is 23.7 Å². The molecule has 3 saturated heterocycles. The van der Waals surface area contributed by atoms with Crippen molar-refractivity contribution in [3.05, 3.63) is 0 Å². The molecule has 0 saturated carbocycles. The van der Waals surface area contributed by atoms with Gasteiger partial charge in [-0.15, -0.1) is 0 Å². The summed E-state index contributed by atoms with van der Waals surface area (Å²) in [6.07, 6.45) is 1.35. The van der Waals surface area contributed by atoms with Crippen molar-refractivity contribution in [1.29, 1.82) is 0 Å². The summed E-state index contributed by atoms with van der Waals surface area (Å²) in [5.41, 5.74) is -0.989. The first-order valence-corrected chi connectivity index (χ1v) is 10.1. The van der Waals surface area contributed by atoms with Crippen LogP contribution in [-0.2, 0) is 23.7 Å². The minimum Gasteiger partial charge on any atom is -0.382 e. The average molecular weight is 375 g/mol. The van der Waals surface area contributed by atoms with Gasteiger partial charge in [-0.3, -0.25) is 4.79 Å². The minimum absolute atomic E-state index is 0.0137. The number of carbonyl (C=O) groups excluding carboxylic acids is 1. The molecule has 0 aromatic rings. The van der Waals surface area contributed by atoms with Crippen LogP contribution in [0.4, 0.5) is 0 Å². The minimum atomic E-state index is -0.989. The van der Waals surface area contributed by atoms with E-state index < -0.39 is 11.6 Å². The zero-order valence-electron chi connectivity index (χ0n) is 16.9. The second-order valence-corrected chi connectivity index (χ2v) is 8.76. The highest BCUT2D eigenvalue weighted by atomic mass is 16.6. The molecular formula is C19H31B2NO5. The fraction of sp³-hybridized carbons (Fsp3) is 0.947. The van der Waals surface area contributed by atoms with E-state index in [0.717, 1.165) is 6.42 Å². The van der Waals surface area contributed by atoms with Gasteiger partial charge in [-0.1, -0.05) is 27.7 Å². The third-order valence-electron chi connectivity index (χ3n) is 5.81. The monoisotopic (exact) mass is 375 g/mol. The van der Waals surface area contributed by atoms with Gasteiger partial charge in [0.25, 0.3) is 5.91 Å². The summed E-state index contributed by atoms with van der Waals surface area (Å²) in [4.78, 5) is 12.9. The van der Waals surface area contributed by atoms with E-state index in [1.165, 1.54) is 0 Å². The van der Waals surface area contributed by atoms with Crippen LogP contribution in [0.25, 0.3) is 0 Å².